The van der Waals surface area contributed by atoms with E-state index in [0.717, 1.165) is 24.2 Å². The smallest absolute Gasteiger partial charge is 0.161 e. The summed E-state index contributed by atoms with van der Waals surface area (Å²) in [4.78, 5) is 0. The maximum Gasteiger partial charge on any atom is 0.161 e. The fraction of sp³-hybridized carbons (Fsp3) is 0.182. The molecule has 0 unspecified atom stereocenters. The molecule has 0 radical (unpaired) electrons. The molecule has 142 valence electrons. The predicted octanol–water partition coefficient (Wildman–Crippen LogP) is 5.12. The van der Waals surface area contributed by atoms with Crippen molar-refractivity contribution in [1.29, 1.82) is 0 Å². The molecular formula is C22H23ClFNO2. The molecule has 0 amide bonds. The van der Waals surface area contributed by atoms with Gasteiger partial charge in [-0.2, -0.15) is 0 Å². The number of methoxy groups -OCH3 is 1. The van der Waals surface area contributed by atoms with Crippen LogP contribution in [-0.2, 0) is 19.7 Å². The second-order valence-corrected chi connectivity index (χ2v) is 5.99. The van der Waals surface area contributed by atoms with E-state index in [-0.39, 0.29) is 18.2 Å². The van der Waals surface area contributed by atoms with E-state index in [0.29, 0.717) is 18.1 Å². The van der Waals surface area contributed by atoms with Gasteiger partial charge in [-0.1, -0.05) is 48.5 Å². The summed E-state index contributed by atoms with van der Waals surface area (Å²) in [6.45, 7) is 1.91. The molecule has 0 fully saturated rings. The molecule has 5 heteroatoms. The zero-order valence-electron chi connectivity index (χ0n) is 15.2. The second kappa shape index (κ2) is 10.6. The Morgan fingerprint density at radius 1 is 0.778 bits per heavy atom. The van der Waals surface area contributed by atoms with E-state index in [2.05, 4.69) is 17.4 Å². The summed E-state index contributed by atoms with van der Waals surface area (Å²) < 4.78 is 24.2. The quantitative estimate of drug-likeness (QED) is 0.581. The highest BCUT2D eigenvalue weighted by Gasteiger charge is 2.06. The van der Waals surface area contributed by atoms with Crippen molar-refractivity contribution in [3.8, 4) is 11.5 Å². The lowest BCUT2D eigenvalue weighted by Gasteiger charge is -2.13. The van der Waals surface area contributed by atoms with E-state index in [9.17, 15) is 4.39 Å². The number of benzene rings is 3. The van der Waals surface area contributed by atoms with Crippen LogP contribution < -0.4 is 14.8 Å². The first kappa shape index (κ1) is 20.7. The van der Waals surface area contributed by atoms with E-state index in [1.54, 1.807) is 19.2 Å². The van der Waals surface area contributed by atoms with Crippen molar-refractivity contribution in [2.24, 2.45) is 0 Å². The van der Waals surface area contributed by atoms with Crippen molar-refractivity contribution in [3.05, 3.63) is 95.3 Å². The number of ether oxygens (including phenoxy) is 2. The molecule has 0 saturated heterocycles. The zero-order valence-corrected chi connectivity index (χ0v) is 16.0. The fourth-order valence-corrected chi connectivity index (χ4v) is 2.63. The van der Waals surface area contributed by atoms with Gasteiger partial charge < -0.3 is 14.8 Å². The van der Waals surface area contributed by atoms with Gasteiger partial charge in [0.1, 0.15) is 12.4 Å². The lowest BCUT2D eigenvalue weighted by atomic mass is 10.2. The van der Waals surface area contributed by atoms with Crippen LogP contribution in [0.2, 0.25) is 0 Å². The van der Waals surface area contributed by atoms with Crippen molar-refractivity contribution in [1.82, 2.24) is 5.32 Å². The molecule has 3 aromatic carbocycles. The van der Waals surface area contributed by atoms with Crippen molar-refractivity contribution in [2.45, 2.75) is 19.7 Å². The molecule has 0 atom stereocenters. The Bertz CT molecular complexity index is 825. The van der Waals surface area contributed by atoms with Crippen LogP contribution in [0.15, 0.2) is 72.8 Å². The Labute approximate surface area is 165 Å². The van der Waals surface area contributed by atoms with Crippen LogP contribution in [0.3, 0.4) is 0 Å². The third kappa shape index (κ3) is 6.27. The lowest BCUT2D eigenvalue weighted by Crippen LogP contribution is -2.12. The second-order valence-electron chi connectivity index (χ2n) is 5.99. The summed E-state index contributed by atoms with van der Waals surface area (Å²) >= 11 is 0. The molecular weight excluding hydrogens is 365 g/mol. The molecule has 0 aliphatic carbocycles. The summed E-state index contributed by atoms with van der Waals surface area (Å²) in [6.07, 6.45) is 0. The Morgan fingerprint density at radius 3 is 2.15 bits per heavy atom. The van der Waals surface area contributed by atoms with E-state index in [4.69, 9.17) is 9.47 Å². The van der Waals surface area contributed by atoms with Gasteiger partial charge >= 0.3 is 0 Å². The Hall–Kier alpha value is -2.56. The zero-order chi connectivity index (χ0) is 18.2. The van der Waals surface area contributed by atoms with Crippen LogP contribution in [0, 0.1) is 5.82 Å². The van der Waals surface area contributed by atoms with Crippen molar-refractivity contribution in [3.63, 3.8) is 0 Å². The summed E-state index contributed by atoms with van der Waals surface area (Å²) in [7, 11) is 1.63. The highest BCUT2D eigenvalue weighted by atomic mass is 35.5. The van der Waals surface area contributed by atoms with E-state index >= 15 is 0 Å². The summed E-state index contributed by atoms with van der Waals surface area (Å²) in [5.41, 5.74) is 3.27. The van der Waals surface area contributed by atoms with Gasteiger partial charge in [-0.25, -0.2) is 4.39 Å². The average molecular weight is 388 g/mol. The van der Waals surface area contributed by atoms with Crippen LogP contribution in [0.4, 0.5) is 4.39 Å². The van der Waals surface area contributed by atoms with Crippen molar-refractivity contribution in [2.75, 3.05) is 7.11 Å². The predicted molar refractivity (Wildman–Crippen MR) is 108 cm³/mol. The molecule has 0 bridgehead atoms. The van der Waals surface area contributed by atoms with Gasteiger partial charge in [-0.15, -0.1) is 12.4 Å². The number of hydrogen-bond acceptors (Lipinski definition) is 3. The van der Waals surface area contributed by atoms with Gasteiger partial charge in [0.2, 0.25) is 0 Å². The van der Waals surface area contributed by atoms with Crippen LogP contribution >= 0.6 is 12.4 Å². The molecule has 0 saturated carbocycles. The fourth-order valence-electron chi connectivity index (χ4n) is 2.63. The van der Waals surface area contributed by atoms with Gasteiger partial charge in [0.05, 0.1) is 7.11 Å². The van der Waals surface area contributed by atoms with Gasteiger partial charge in [0.25, 0.3) is 0 Å². The van der Waals surface area contributed by atoms with Gasteiger partial charge in [0.15, 0.2) is 11.5 Å². The number of rotatable bonds is 8. The van der Waals surface area contributed by atoms with E-state index in [1.807, 2.05) is 36.4 Å². The maximum absolute atomic E-state index is 13.0. The average Bonchev–Trinajstić information content (AvgIpc) is 2.69. The monoisotopic (exact) mass is 387 g/mol. The minimum Gasteiger partial charge on any atom is -0.493 e. The lowest BCUT2D eigenvalue weighted by molar-refractivity contribution is 0.284. The summed E-state index contributed by atoms with van der Waals surface area (Å²) in [6, 6.07) is 22.4. The maximum atomic E-state index is 13.0. The summed E-state index contributed by atoms with van der Waals surface area (Å²) in [5, 5.41) is 3.42. The van der Waals surface area contributed by atoms with Crippen LogP contribution in [0.1, 0.15) is 16.7 Å². The molecule has 27 heavy (non-hydrogen) atoms. The minimum absolute atomic E-state index is 0. The first-order valence-corrected chi connectivity index (χ1v) is 8.53. The van der Waals surface area contributed by atoms with Crippen molar-refractivity contribution < 1.29 is 13.9 Å². The Balaban J connectivity index is 0.00000261. The molecule has 3 aromatic rings. The number of halogens is 2. The molecule has 0 heterocycles. The van der Waals surface area contributed by atoms with E-state index in [1.165, 1.54) is 17.7 Å². The molecule has 0 spiro atoms. The first-order valence-electron chi connectivity index (χ1n) is 8.53. The molecule has 0 aliphatic heterocycles. The van der Waals surface area contributed by atoms with Crippen LogP contribution in [-0.4, -0.2) is 7.11 Å². The molecule has 3 rings (SSSR count). The molecule has 0 aromatic heterocycles. The third-order valence-corrected chi connectivity index (χ3v) is 4.04. The summed E-state index contributed by atoms with van der Waals surface area (Å²) in [5.74, 6) is 1.11. The van der Waals surface area contributed by atoms with Gasteiger partial charge in [-0.3, -0.25) is 0 Å². The molecule has 0 aliphatic rings. The topological polar surface area (TPSA) is 30.5 Å². The normalized spacial score (nSPS) is 10.1. The van der Waals surface area contributed by atoms with Crippen LogP contribution in [0.25, 0.3) is 0 Å². The number of hydrogen-bond donors (Lipinski definition) is 1. The minimum atomic E-state index is -0.251. The Morgan fingerprint density at radius 2 is 1.44 bits per heavy atom. The SMILES string of the molecule is COc1cc(CNCc2ccccc2)ccc1OCc1ccc(F)cc1.Cl. The standard InChI is InChI=1S/C22H22FNO2.ClH/c1-25-22-13-19(15-24-14-17-5-3-2-4-6-17)9-12-21(22)26-16-18-7-10-20(23)11-8-18;/h2-13,24H,14-16H2,1H3;1H. The Kier molecular flexibility index (Phi) is 8.11. The molecule has 1 N–H and O–H groups in total. The largest absolute Gasteiger partial charge is 0.493 e. The number of nitrogens with one attached hydrogen (secondary N) is 1. The third-order valence-electron chi connectivity index (χ3n) is 4.04. The highest BCUT2D eigenvalue weighted by Crippen LogP contribution is 2.29. The van der Waals surface area contributed by atoms with Crippen LogP contribution in [0.5, 0.6) is 11.5 Å². The van der Waals surface area contributed by atoms with Crippen molar-refractivity contribution >= 4 is 12.4 Å². The first-order chi connectivity index (χ1) is 12.7. The highest BCUT2D eigenvalue weighted by molar-refractivity contribution is 5.85. The van der Waals surface area contributed by atoms with Gasteiger partial charge in [-0.05, 0) is 41.0 Å². The van der Waals surface area contributed by atoms with E-state index < -0.39 is 0 Å². The molecule has 3 nitrogen and oxygen atoms in total. The van der Waals surface area contributed by atoms with Gasteiger partial charge in [0, 0.05) is 13.1 Å².